The van der Waals surface area contributed by atoms with E-state index < -0.39 is 0 Å². The molecule has 1 atom stereocenters. The first kappa shape index (κ1) is 17.2. The summed E-state index contributed by atoms with van der Waals surface area (Å²) in [7, 11) is 0. The van der Waals surface area contributed by atoms with E-state index in [9.17, 15) is 4.79 Å². The summed E-state index contributed by atoms with van der Waals surface area (Å²) in [6.45, 7) is 8.82. The van der Waals surface area contributed by atoms with Crippen molar-refractivity contribution in [3.05, 3.63) is 34.3 Å². The minimum Gasteiger partial charge on any atom is -0.351 e. The van der Waals surface area contributed by atoms with E-state index in [0.29, 0.717) is 13.0 Å². The molecule has 3 nitrogen and oxygen atoms in total. The molecule has 0 aromatic heterocycles. The van der Waals surface area contributed by atoms with Crippen LogP contribution in [0.1, 0.15) is 52.1 Å². The van der Waals surface area contributed by atoms with Gasteiger partial charge in [-0.15, -0.1) is 0 Å². The van der Waals surface area contributed by atoms with Crippen molar-refractivity contribution in [2.75, 3.05) is 6.54 Å². The van der Waals surface area contributed by atoms with Gasteiger partial charge in [0, 0.05) is 29.0 Å². The zero-order chi connectivity index (χ0) is 15.2. The predicted octanol–water partition coefficient (Wildman–Crippen LogP) is 3.79. The lowest BCUT2D eigenvalue weighted by atomic mass is 10.0. The Morgan fingerprint density at radius 3 is 2.60 bits per heavy atom. The molecule has 0 saturated carbocycles. The van der Waals surface area contributed by atoms with E-state index in [1.807, 2.05) is 32.9 Å². The summed E-state index contributed by atoms with van der Waals surface area (Å²) in [6.07, 6.45) is 1.50. The largest absolute Gasteiger partial charge is 0.351 e. The molecule has 0 aliphatic rings. The van der Waals surface area contributed by atoms with Gasteiger partial charge < -0.3 is 10.6 Å². The van der Waals surface area contributed by atoms with E-state index in [4.69, 9.17) is 0 Å². The zero-order valence-corrected chi connectivity index (χ0v) is 14.4. The monoisotopic (exact) mass is 340 g/mol. The first-order valence-electron chi connectivity index (χ1n) is 7.11. The molecule has 0 aliphatic heterocycles. The van der Waals surface area contributed by atoms with Crippen molar-refractivity contribution < 1.29 is 4.79 Å². The smallest absolute Gasteiger partial charge is 0.221 e. The molecule has 0 saturated heterocycles. The summed E-state index contributed by atoms with van der Waals surface area (Å²) in [4.78, 5) is 11.8. The van der Waals surface area contributed by atoms with Crippen LogP contribution in [-0.4, -0.2) is 18.0 Å². The molecule has 0 heterocycles. The van der Waals surface area contributed by atoms with Gasteiger partial charge in [0.15, 0.2) is 0 Å². The van der Waals surface area contributed by atoms with Gasteiger partial charge in [-0.1, -0.05) is 35.0 Å². The van der Waals surface area contributed by atoms with Gasteiger partial charge >= 0.3 is 0 Å². The molecule has 1 unspecified atom stereocenters. The zero-order valence-electron chi connectivity index (χ0n) is 12.8. The van der Waals surface area contributed by atoms with Crippen molar-refractivity contribution >= 4 is 21.8 Å². The fourth-order valence-electron chi connectivity index (χ4n) is 2.06. The third-order valence-electron chi connectivity index (χ3n) is 2.92. The van der Waals surface area contributed by atoms with Crippen LogP contribution >= 0.6 is 15.9 Å². The highest BCUT2D eigenvalue weighted by Crippen LogP contribution is 2.20. The van der Waals surface area contributed by atoms with E-state index in [1.165, 1.54) is 5.56 Å². The van der Waals surface area contributed by atoms with Crippen molar-refractivity contribution in [1.29, 1.82) is 0 Å². The average molecular weight is 341 g/mol. The summed E-state index contributed by atoms with van der Waals surface area (Å²) in [5, 5.41) is 6.42. The molecule has 0 radical (unpaired) electrons. The number of hydrogen-bond donors (Lipinski definition) is 2. The standard InChI is InChI=1S/C16H25BrN2O/c1-5-14(12-7-6-8-13(17)11-12)18-10-9-15(20)19-16(2,3)4/h6-8,11,14,18H,5,9-10H2,1-4H3,(H,19,20). The minimum absolute atomic E-state index is 0.0918. The topological polar surface area (TPSA) is 41.1 Å². The van der Waals surface area contributed by atoms with Crippen LogP contribution < -0.4 is 10.6 Å². The molecule has 2 N–H and O–H groups in total. The maximum absolute atomic E-state index is 11.8. The fourth-order valence-corrected chi connectivity index (χ4v) is 2.48. The molecule has 0 fully saturated rings. The molecule has 4 heteroatoms. The molecule has 20 heavy (non-hydrogen) atoms. The second-order valence-corrected chi connectivity index (χ2v) is 6.93. The van der Waals surface area contributed by atoms with Crippen molar-refractivity contribution in [2.24, 2.45) is 0 Å². The van der Waals surface area contributed by atoms with Crippen LogP contribution in [-0.2, 0) is 4.79 Å². The van der Waals surface area contributed by atoms with Gasteiger partial charge in [-0.2, -0.15) is 0 Å². The average Bonchev–Trinajstić information content (AvgIpc) is 2.32. The number of hydrogen-bond acceptors (Lipinski definition) is 2. The van der Waals surface area contributed by atoms with E-state index >= 15 is 0 Å². The van der Waals surface area contributed by atoms with Crippen molar-refractivity contribution in [2.45, 2.75) is 52.1 Å². The Morgan fingerprint density at radius 2 is 2.05 bits per heavy atom. The van der Waals surface area contributed by atoms with Crippen LogP contribution in [0.25, 0.3) is 0 Å². The highest BCUT2D eigenvalue weighted by molar-refractivity contribution is 9.10. The second kappa shape index (κ2) is 7.79. The number of carbonyl (C=O) groups is 1. The van der Waals surface area contributed by atoms with Crippen LogP contribution in [0.5, 0.6) is 0 Å². The van der Waals surface area contributed by atoms with Gasteiger partial charge in [0.05, 0.1) is 0 Å². The first-order chi connectivity index (χ1) is 9.31. The maximum atomic E-state index is 11.8. The fraction of sp³-hybridized carbons (Fsp3) is 0.562. The number of amides is 1. The summed E-state index contributed by atoms with van der Waals surface area (Å²) >= 11 is 3.49. The van der Waals surface area contributed by atoms with Gasteiger partial charge in [0.1, 0.15) is 0 Å². The third-order valence-corrected chi connectivity index (χ3v) is 3.41. The van der Waals surface area contributed by atoms with Crippen LogP contribution in [0.3, 0.4) is 0 Å². The second-order valence-electron chi connectivity index (χ2n) is 6.02. The molecule has 1 rings (SSSR count). The highest BCUT2D eigenvalue weighted by Gasteiger charge is 2.14. The Kier molecular flexibility index (Phi) is 6.69. The molecular weight excluding hydrogens is 316 g/mol. The third kappa shape index (κ3) is 6.53. The first-order valence-corrected chi connectivity index (χ1v) is 7.91. The Bertz CT molecular complexity index is 440. The number of halogens is 1. The maximum Gasteiger partial charge on any atom is 0.221 e. The quantitative estimate of drug-likeness (QED) is 0.826. The number of carbonyl (C=O) groups excluding carboxylic acids is 1. The van der Waals surface area contributed by atoms with Gasteiger partial charge in [-0.3, -0.25) is 4.79 Å². The Balaban J connectivity index is 2.45. The molecule has 1 aromatic carbocycles. The molecule has 1 aromatic rings. The van der Waals surface area contributed by atoms with Gasteiger partial charge in [0.2, 0.25) is 5.91 Å². The van der Waals surface area contributed by atoms with E-state index in [0.717, 1.165) is 10.9 Å². The molecule has 0 aliphatic carbocycles. The molecular formula is C16H25BrN2O. The summed E-state index contributed by atoms with van der Waals surface area (Å²) < 4.78 is 1.08. The van der Waals surface area contributed by atoms with Crippen molar-refractivity contribution in [3.63, 3.8) is 0 Å². The SMILES string of the molecule is CCC(NCCC(=O)NC(C)(C)C)c1cccc(Br)c1. The number of rotatable bonds is 6. The predicted molar refractivity (Wildman–Crippen MR) is 87.7 cm³/mol. The van der Waals surface area contributed by atoms with E-state index in [2.05, 4.69) is 45.6 Å². The van der Waals surface area contributed by atoms with E-state index in [-0.39, 0.29) is 17.5 Å². The van der Waals surface area contributed by atoms with Crippen LogP contribution in [0.2, 0.25) is 0 Å². The normalized spacial score (nSPS) is 13.1. The molecule has 112 valence electrons. The molecule has 0 spiro atoms. The van der Waals surface area contributed by atoms with Crippen molar-refractivity contribution in [3.8, 4) is 0 Å². The molecule has 0 bridgehead atoms. The molecule has 1 amide bonds. The van der Waals surface area contributed by atoms with Crippen LogP contribution in [0.4, 0.5) is 0 Å². The number of benzene rings is 1. The number of nitrogens with one attached hydrogen (secondary N) is 2. The summed E-state index contributed by atoms with van der Waals surface area (Å²) in [5.41, 5.74) is 1.09. The lowest BCUT2D eigenvalue weighted by Crippen LogP contribution is -2.41. The highest BCUT2D eigenvalue weighted by atomic mass is 79.9. The van der Waals surface area contributed by atoms with Gasteiger partial charge in [-0.25, -0.2) is 0 Å². The summed E-state index contributed by atoms with van der Waals surface area (Å²) in [5.74, 6) is 0.0918. The van der Waals surface area contributed by atoms with E-state index in [1.54, 1.807) is 0 Å². The lowest BCUT2D eigenvalue weighted by Gasteiger charge is -2.21. The van der Waals surface area contributed by atoms with Gasteiger partial charge in [0.25, 0.3) is 0 Å². The van der Waals surface area contributed by atoms with Crippen LogP contribution in [0.15, 0.2) is 28.7 Å². The lowest BCUT2D eigenvalue weighted by molar-refractivity contribution is -0.122. The minimum atomic E-state index is -0.161. The van der Waals surface area contributed by atoms with Crippen molar-refractivity contribution in [1.82, 2.24) is 10.6 Å². The Hall–Kier alpha value is -0.870. The van der Waals surface area contributed by atoms with Gasteiger partial charge in [-0.05, 0) is 44.9 Å². The van der Waals surface area contributed by atoms with Crippen LogP contribution in [0, 0.1) is 0 Å². The Labute approximate surface area is 130 Å². The summed E-state index contributed by atoms with van der Waals surface area (Å²) in [6, 6.07) is 8.58. The Morgan fingerprint density at radius 1 is 1.35 bits per heavy atom.